The third-order valence-electron chi connectivity index (χ3n) is 3.68. The predicted molar refractivity (Wildman–Crippen MR) is 103 cm³/mol. The van der Waals surface area contributed by atoms with Gasteiger partial charge in [-0.2, -0.15) is 0 Å². The average Bonchev–Trinajstić information content (AvgIpc) is 2.66. The SMILES string of the molecule is C=N/C=C(C(=O)NC)/[N+](=C\NC)Cc1ccc(-c2ccccc2)cc1. The Kier molecular flexibility index (Phi) is 6.65. The van der Waals surface area contributed by atoms with Gasteiger partial charge in [-0.15, -0.1) is 0 Å². The van der Waals surface area contributed by atoms with Crippen LogP contribution in [0, 0.1) is 0 Å². The second-order valence-electron chi connectivity index (χ2n) is 5.38. The molecule has 5 nitrogen and oxygen atoms in total. The average molecular weight is 335 g/mol. The number of amides is 1. The van der Waals surface area contributed by atoms with E-state index in [4.69, 9.17) is 0 Å². The van der Waals surface area contributed by atoms with Gasteiger partial charge in [-0.05, 0) is 23.4 Å². The van der Waals surface area contributed by atoms with E-state index in [0.717, 1.165) is 11.1 Å². The number of nitrogens with one attached hydrogen (secondary N) is 2. The standard InChI is InChI=1S/C20H22N4O/c1-21-13-19(20(25)23-3)24(15-22-2)14-16-9-11-18(12-10-16)17-7-5-4-6-8-17/h4-13,15H,1,14H2,2-3H3,(H,23,25)/p+1/b19-13+. The van der Waals surface area contributed by atoms with Crippen molar-refractivity contribution in [2.75, 3.05) is 14.1 Å². The van der Waals surface area contributed by atoms with Crippen LogP contribution in [0.2, 0.25) is 0 Å². The molecule has 2 rings (SSSR count). The zero-order valence-corrected chi connectivity index (χ0v) is 14.6. The number of carbonyl (C=O) groups excluding carboxylic acids is 1. The Labute approximate surface area is 148 Å². The van der Waals surface area contributed by atoms with Gasteiger partial charge in [0.15, 0.2) is 0 Å². The van der Waals surface area contributed by atoms with Gasteiger partial charge in [0.05, 0.1) is 13.2 Å². The minimum atomic E-state index is -0.222. The summed E-state index contributed by atoms with van der Waals surface area (Å²) in [4.78, 5) is 15.8. The molecule has 0 aliphatic carbocycles. The second-order valence-corrected chi connectivity index (χ2v) is 5.38. The van der Waals surface area contributed by atoms with E-state index >= 15 is 0 Å². The van der Waals surface area contributed by atoms with Crippen molar-refractivity contribution in [3.63, 3.8) is 0 Å². The van der Waals surface area contributed by atoms with Crippen LogP contribution < -0.4 is 10.6 Å². The highest BCUT2D eigenvalue weighted by Crippen LogP contribution is 2.19. The van der Waals surface area contributed by atoms with E-state index in [1.807, 2.05) is 18.2 Å². The summed E-state index contributed by atoms with van der Waals surface area (Å²) in [6.45, 7) is 3.98. The molecule has 0 atom stereocenters. The van der Waals surface area contributed by atoms with Crippen molar-refractivity contribution in [1.29, 1.82) is 0 Å². The molecule has 0 heterocycles. The van der Waals surface area contributed by atoms with Gasteiger partial charge in [-0.1, -0.05) is 54.6 Å². The first-order chi connectivity index (χ1) is 12.2. The lowest BCUT2D eigenvalue weighted by Crippen LogP contribution is -2.30. The van der Waals surface area contributed by atoms with Crippen LogP contribution in [-0.2, 0) is 11.3 Å². The maximum Gasteiger partial charge on any atom is 0.292 e. The van der Waals surface area contributed by atoms with Crippen LogP contribution in [0.25, 0.3) is 11.1 Å². The van der Waals surface area contributed by atoms with Crippen LogP contribution in [0.15, 0.2) is 71.5 Å². The Balaban J connectivity index is 2.25. The maximum atomic E-state index is 12.1. The number of rotatable bonds is 7. The van der Waals surface area contributed by atoms with Crippen molar-refractivity contribution in [1.82, 2.24) is 10.6 Å². The van der Waals surface area contributed by atoms with Gasteiger partial charge in [-0.25, -0.2) is 4.58 Å². The fraction of sp³-hybridized carbons (Fsp3) is 0.150. The lowest BCUT2D eigenvalue weighted by atomic mass is 10.0. The van der Waals surface area contributed by atoms with Crippen LogP contribution in [0.4, 0.5) is 0 Å². The Bertz CT molecular complexity index is 777. The molecule has 0 unspecified atom stereocenters. The first-order valence-electron chi connectivity index (χ1n) is 7.99. The van der Waals surface area contributed by atoms with E-state index in [2.05, 4.69) is 58.7 Å². The number of aliphatic imine (C=N–C) groups is 1. The van der Waals surface area contributed by atoms with Gasteiger partial charge in [0, 0.05) is 7.05 Å². The van der Waals surface area contributed by atoms with Crippen LogP contribution in [0.3, 0.4) is 0 Å². The highest BCUT2D eigenvalue weighted by molar-refractivity contribution is 5.91. The van der Waals surface area contributed by atoms with Gasteiger partial charge in [-0.3, -0.25) is 15.1 Å². The van der Waals surface area contributed by atoms with E-state index < -0.39 is 0 Å². The Morgan fingerprint density at radius 3 is 2.28 bits per heavy atom. The quantitative estimate of drug-likeness (QED) is 0.353. The number of hydrogen-bond donors (Lipinski definition) is 2. The Morgan fingerprint density at radius 2 is 1.72 bits per heavy atom. The van der Waals surface area contributed by atoms with Gasteiger partial charge in [0.1, 0.15) is 6.54 Å². The summed E-state index contributed by atoms with van der Waals surface area (Å²) >= 11 is 0. The molecule has 0 aliphatic rings. The lowest BCUT2D eigenvalue weighted by molar-refractivity contribution is -0.485. The molecule has 0 saturated carbocycles. The zero-order valence-electron chi connectivity index (χ0n) is 14.6. The summed E-state index contributed by atoms with van der Waals surface area (Å²) < 4.78 is 1.80. The minimum absolute atomic E-state index is 0.222. The van der Waals surface area contributed by atoms with E-state index in [0.29, 0.717) is 12.2 Å². The normalized spacial score (nSPS) is 11.8. The highest BCUT2D eigenvalue weighted by Gasteiger charge is 2.17. The van der Waals surface area contributed by atoms with E-state index in [1.54, 1.807) is 25.0 Å². The largest absolute Gasteiger partial charge is 0.352 e. The summed E-state index contributed by atoms with van der Waals surface area (Å²) in [5.41, 5.74) is 3.82. The molecule has 0 aromatic heterocycles. The summed E-state index contributed by atoms with van der Waals surface area (Å²) in [6, 6.07) is 18.5. The van der Waals surface area contributed by atoms with Crippen molar-refractivity contribution in [3.8, 4) is 11.1 Å². The first kappa shape index (κ1) is 18.1. The Morgan fingerprint density at radius 1 is 1.08 bits per heavy atom. The molecule has 0 bridgehead atoms. The van der Waals surface area contributed by atoms with E-state index in [9.17, 15) is 4.79 Å². The van der Waals surface area contributed by atoms with E-state index in [1.165, 1.54) is 11.8 Å². The van der Waals surface area contributed by atoms with Crippen LogP contribution in [0.1, 0.15) is 5.56 Å². The molecule has 2 N–H and O–H groups in total. The van der Waals surface area contributed by atoms with Gasteiger partial charge >= 0.3 is 0 Å². The number of carbonyl (C=O) groups is 1. The fourth-order valence-corrected chi connectivity index (χ4v) is 2.46. The molecule has 128 valence electrons. The number of benzene rings is 2. The van der Waals surface area contributed by atoms with Crippen molar-refractivity contribution in [3.05, 3.63) is 72.1 Å². The summed E-state index contributed by atoms with van der Waals surface area (Å²) in [5.74, 6) is -0.222. The van der Waals surface area contributed by atoms with Crippen molar-refractivity contribution in [2.24, 2.45) is 4.99 Å². The summed E-state index contributed by atoms with van der Waals surface area (Å²) in [7, 11) is 3.37. The molecule has 2 aromatic rings. The highest BCUT2D eigenvalue weighted by atomic mass is 16.2. The second kappa shape index (κ2) is 9.17. The van der Waals surface area contributed by atoms with Gasteiger partial charge in [0.25, 0.3) is 5.91 Å². The van der Waals surface area contributed by atoms with E-state index in [-0.39, 0.29) is 5.91 Å². The van der Waals surface area contributed by atoms with Crippen LogP contribution in [0.5, 0.6) is 0 Å². The molecular formula is C20H23N4O+. The molecule has 0 spiro atoms. The topological polar surface area (TPSA) is 56.5 Å². The first-order valence-corrected chi connectivity index (χ1v) is 7.99. The molecule has 2 aromatic carbocycles. The summed E-state index contributed by atoms with van der Waals surface area (Å²) in [6.07, 6.45) is 3.18. The predicted octanol–water partition coefficient (Wildman–Crippen LogP) is 2.40. The fourth-order valence-electron chi connectivity index (χ4n) is 2.46. The van der Waals surface area contributed by atoms with Crippen molar-refractivity contribution in [2.45, 2.75) is 6.54 Å². The van der Waals surface area contributed by atoms with Crippen molar-refractivity contribution >= 4 is 19.0 Å². The molecular weight excluding hydrogens is 312 g/mol. The number of nitrogens with zero attached hydrogens (tertiary/aromatic N) is 2. The number of likely N-dealkylation sites (N-methyl/N-ethyl adjacent to an activating group) is 1. The van der Waals surface area contributed by atoms with Crippen molar-refractivity contribution < 1.29 is 9.37 Å². The third-order valence-corrected chi connectivity index (χ3v) is 3.68. The lowest BCUT2D eigenvalue weighted by Gasteiger charge is -2.10. The molecule has 5 heteroatoms. The van der Waals surface area contributed by atoms with Gasteiger partial charge < -0.3 is 5.32 Å². The molecule has 1 amide bonds. The Hall–Kier alpha value is -3.21. The molecule has 25 heavy (non-hydrogen) atoms. The molecule has 0 saturated heterocycles. The maximum absolute atomic E-state index is 12.1. The van der Waals surface area contributed by atoms with Crippen LogP contribution >= 0.6 is 0 Å². The molecule has 0 fully saturated rings. The molecule has 0 aliphatic heterocycles. The summed E-state index contributed by atoms with van der Waals surface area (Å²) in [5, 5.41) is 5.58. The van der Waals surface area contributed by atoms with Crippen LogP contribution in [-0.4, -0.2) is 37.6 Å². The smallest absolute Gasteiger partial charge is 0.292 e. The molecule has 0 radical (unpaired) electrons. The van der Waals surface area contributed by atoms with Gasteiger partial charge in [0.2, 0.25) is 12.0 Å². The monoisotopic (exact) mass is 335 g/mol. The number of hydrogen-bond acceptors (Lipinski definition) is 2. The zero-order chi connectivity index (χ0) is 18.1. The third kappa shape index (κ3) is 4.88. The minimum Gasteiger partial charge on any atom is -0.352 e.